The summed E-state index contributed by atoms with van der Waals surface area (Å²) >= 11 is 0. The largest absolute Gasteiger partial charge is 0.416 e. The molecular formula is C18H16F4N6O. The van der Waals surface area contributed by atoms with Gasteiger partial charge < -0.3 is 5.73 Å². The van der Waals surface area contributed by atoms with Gasteiger partial charge in [-0.05, 0) is 59.4 Å². The van der Waals surface area contributed by atoms with Crippen molar-refractivity contribution in [2.75, 3.05) is 7.05 Å². The van der Waals surface area contributed by atoms with Crippen LogP contribution >= 0.6 is 0 Å². The first-order chi connectivity index (χ1) is 13.7. The van der Waals surface area contributed by atoms with Gasteiger partial charge >= 0.3 is 6.18 Å². The van der Waals surface area contributed by atoms with E-state index in [9.17, 15) is 22.4 Å². The Hall–Kier alpha value is -3.34. The normalized spacial score (nSPS) is 12.9. The smallest absolute Gasteiger partial charge is 0.368 e. The summed E-state index contributed by atoms with van der Waals surface area (Å²) in [5.74, 6) is -0.960. The molecule has 29 heavy (non-hydrogen) atoms. The third-order valence-corrected chi connectivity index (χ3v) is 4.24. The lowest BCUT2D eigenvalue weighted by atomic mass is 10.0. The molecule has 1 atom stereocenters. The Morgan fingerprint density at radius 2 is 1.90 bits per heavy atom. The number of benzene rings is 2. The molecule has 0 aliphatic carbocycles. The van der Waals surface area contributed by atoms with Crippen LogP contribution in [-0.2, 0) is 17.5 Å². The van der Waals surface area contributed by atoms with Crippen molar-refractivity contribution >= 4 is 5.91 Å². The molecule has 0 aliphatic heterocycles. The van der Waals surface area contributed by atoms with Gasteiger partial charge in [0.1, 0.15) is 11.9 Å². The van der Waals surface area contributed by atoms with Crippen molar-refractivity contribution in [3.8, 4) is 5.69 Å². The van der Waals surface area contributed by atoms with E-state index < -0.39 is 29.5 Å². The van der Waals surface area contributed by atoms with Gasteiger partial charge in [0.2, 0.25) is 5.91 Å². The Labute approximate surface area is 162 Å². The lowest BCUT2D eigenvalue weighted by Gasteiger charge is -2.25. The molecule has 1 heterocycles. The molecule has 2 N–H and O–H groups in total. The van der Waals surface area contributed by atoms with Crippen LogP contribution in [0.25, 0.3) is 5.69 Å². The van der Waals surface area contributed by atoms with E-state index in [-0.39, 0.29) is 12.4 Å². The molecule has 0 saturated carbocycles. The first kappa shape index (κ1) is 20.4. The van der Waals surface area contributed by atoms with E-state index in [1.165, 1.54) is 39.9 Å². The molecule has 7 nitrogen and oxygen atoms in total. The summed E-state index contributed by atoms with van der Waals surface area (Å²) in [5, 5.41) is 11.2. The Kier molecular flexibility index (Phi) is 5.59. The SMILES string of the molecule is CN(Cc1nnnn1-c1ccc(C(F)(F)F)cc1)C(C(N)=O)c1cccc(F)c1. The number of aromatic nitrogens is 4. The van der Waals surface area contributed by atoms with Crippen molar-refractivity contribution in [1.29, 1.82) is 0 Å². The second-order valence-electron chi connectivity index (χ2n) is 6.33. The maximum absolute atomic E-state index is 13.5. The molecule has 0 radical (unpaired) electrons. The van der Waals surface area contributed by atoms with Crippen LogP contribution in [0.1, 0.15) is 23.0 Å². The van der Waals surface area contributed by atoms with Crippen molar-refractivity contribution in [2.24, 2.45) is 5.73 Å². The molecule has 0 saturated heterocycles. The maximum Gasteiger partial charge on any atom is 0.416 e. The van der Waals surface area contributed by atoms with Gasteiger partial charge in [-0.3, -0.25) is 9.69 Å². The second kappa shape index (κ2) is 7.95. The Morgan fingerprint density at radius 3 is 2.48 bits per heavy atom. The van der Waals surface area contributed by atoms with Crippen molar-refractivity contribution in [2.45, 2.75) is 18.8 Å². The van der Waals surface area contributed by atoms with Crippen LogP contribution in [0.2, 0.25) is 0 Å². The van der Waals surface area contributed by atoms with Gasteiger partial charge in [0.05, 0.1) is 17.8 Å². The third kappa shape index (κ3) is 4.57. The number of amides is 1. The van der Waals surface area contributed by atoms with Crippen LogP contribution in [0.3, 0.4) is 0 Å². The van der Waals surface area contributed by atoms with E-state index in [2.05, 4.69) is 15.5 Å². The Balaban J connectivity index is 1.86. The monoisotopic (exact) mass is 408 g/mol. The van der Waals surface area contributed by atoms with Crippen LogP contribution in [0, 0.1) is 5.82 Å². The summed E-state index contributed by atoms with van der Waals surface area (Å²) in [6, 6.07) is 8.82. The van der Waals surface area contributed by atoms with Crippen molar-refractivity contribution in [3.05, 3.63) is 71.3 Å². The van der Waals surface area contributed by atoms with E-state index in [0.717, 1.165) is 12.1 Å². The number of halogens is 4. The fraction of sp³-hybridized carbons (Fsp3) is 0.222. The summed E-state index contributed by atoms with van der Waals surface area (Å²) in [4.78, 5) is 13.5. The minimum Gasteiger partial charge on any atom is -0.368 e. The molecule has 0 bridgehead atoms. The Bertz CT molecular complexity index is 1000. The predicted octanol–water partition coefficient (Wildman–Crippen LogP) is 2.48. The van der Waals surface area contributed by atoms with Crippen molar-refractivity contribution in [1.82, 2.24) is 25.1 Å². The van der Waals surface area contributed by atoms with Crippen LogP contribution in [0.4, 0.5) is 17.6 Å². The number of carbonyl (C=O) groups is 1. The molecule has 3 aromatic rings. The van der Waals surface area contributed by atoms with E-state index in [1.54, 1.807) is 13.1 Å². The lowest BCUT2D eigenvalue weighted by molar-refractivity contribution is -0.137. The number of primary amides is 1. The number of nitrogens with zero attached hydrogens (tertiary/aromatic N) is 5. The van der Waals surface area contributed by atoms with Crippen LogP contribution in [0.5, 0.6) is 0 Å². The number of rotatable bonds is 6. The number of hydrogen-bond donors (Lipinski definition) is 1. The molecule has 1 aromatic heterocycles. The molecule has 1 unspecified atom stereocenters. The maximum atomic E-state index is 13.5. The van der Waals surface area contributed by atoms with E-state index in [1.807, 2.05) is 0 Å². The number of carbonyl (C=O) groups excluding carboxylic acids is 1. The average Bonchev–Trinajstić information content (AvgIpc) is 3.09. The number of alkyl halides is 3. The highest BCUT2D eigenvalue weighted by Crippen LogP contribution is 2.29. The number of nitrogens with two attached hydrogens (primary N) is 1. The van der Waals surface area contributed by atoms with E-state index in [0.29, 0.717) is 11.3 Å². The second-order valence-corrected chi connectivity index (χ2v) is 6.33. The van der Waals surface area contributed by atoms with Gasteiger partial charge in [-0.1, -0.05) is 12.1 Å². The molecular weight excluding hydrogens is 392 g/mol. The third-order valence-electron chi connectivity index (χ3n) is 4.24. The van der Waals surface area contributed by atoms with E-state index in [4.69, 9.17) is 5.73 Å². The van der Waals surface area contributed by atoms with Gasteiger partial charge in [0.15, 0.2) is 5.82 Å². The number of tetrazole rings is 1. The quantitative estimate of drug-likeness (QED) is 0.633. The fourth-order valence-corrected chi connectivity index (χ4v) is 2.92. The fourth-order valence-electron chi connectivity index (χ4n) is 2.92. The zero-order valence-electron chi connectivity index (χ0n) is 15.1. The van der Waals surface area contributed by atoms with Gasteiger partial charge in [0, 0.05) is 0 Å². The average molecular weight is 408 g/mol. The van der Waals surface area contributed by atoms with Gasteiger partial charge in [0.25, 0.3) is 0 Å². The molecule has 0 fully saturated rings. The minimum absolute atomic E-state index is 0.0259. The Morgan fingerprint density at radius 1 is 1.21 bits per heavy atom. The summed E-state index contributed by atoms with van der Waals surface area (Å²) < 4.78 is 53.0. The summed E-state index contributed by atoms with van der Waals surface area (Å²) in [6.07, 6.45) is -4.46. The van der Waals surface area contributed by atoms with E-state index >= 15 is 0 Å². The molecule has 3 rings (SSSR count). The molecule has 0 aliphatic rings. The molecule has 2 aromatic carbocycles. The summed E-state index contributed by atoms with van der Waals surface area (Å²) in [5.41, 5.74) is 5.36. The highest BCUT2D eigenvalue weighted by atomic mass is 19.4. The number of hydrogen-bond acceptors (Lipinski definition) is 5. The first-order valence-corrected chi connectivity index (χ1v) is 8.36. The van der Waals surface area contributed by atoms with Crippen LogP contribution in [0.15, 0.2) is 48.5 Å². The van der Waals surface area contributed by atoms with Crippen molar-refractivity contribution in [3.63, 3.8) is 0 Å². The standard InChI is InChI=1S/C18H16F4N6O/c1-27(16(17(23)29)11-3-2-4-13(19)9-11)10-15-24-25-26-28(15)14-7-5-12(6-8-14)18(20,21)22/h2-9,16H,10H2,1H3,(H2,23,29). The van der Waals surface area contributed by atoms with Crippen LogP contribution < -0.4 is 5.73 Å². The first-order valence-electron chi connectivity index (χ1n) is 8.36. The predicted molar refractivity (Wildman–Crippen MR) is 94.0 cm³/mol. The van der Waals surface area contributed by atoms with Gasteiger partial charge in [-0.25, -0.2) is 4.39 Å². The summed E-state index contributed by atoms with van der Waals surface area (Å²) in [6.45, 7) is 0.0259. The lowest BCUT2D eigenvalue weighted by Crippen LogP contribution is -2.35. The highest BCUT2D eigenvalue weighted by Gasteiger charge is 2.30. The van der Waals surface area contributed by atoms with Crippen LogP contribution in [-0.4, -0.2) is 38.1 Å². The zero-order chi connectivity index (χ0) is 21.2. The molecule has 0 spiro atoms. The highest BCUT2D eigenvalue weighted by molar-refractivity contribution is 5.81. The van der Waals surface area contributed by atoms with Gasteiger partial charge in [-0.2, -0.15) is 17.9 Å². The molecule has 11 heteroatoms. The van der Waals surface area contributed by atoms with Gasteiger partial charge in [-0.15, -0.1) is 5.10 Å². The molecule has 152 valence electrons. The minimum atomic E-state index is -4.46. The zero-order valence-corrected chi connectivity index (χ0v) is 15.1. The number of likely N-dealkylation sites (N-methyl/N-ethyl adjacent to an activating group) is 1. The van der Waals surface area contributed by atoms with Crippen molar-refractivity contribution < 1.29 is 22.4 Å². The summed E-state index contributed by atoms with van der Waals surface area (Å²) in [7, 11) is 1.58. The topological polar surface area (TPSA) is 89.9 Å². The molecule has 1 amide bonds.